The zero-order valence-corrected chi connectivity index (χ0v) is 10.4. The molecule has 1 aliphatic heterocycles. The van der Waals surface area contributed by atoms with Gasteiger partial charge in [-0.25, -0.2) is 0 Å². The first-order chi connectivity index (χ1) is 8.54. The predicted octanol–water partition coefficient (Wildman–Crippen LogP) is -1.12. The Labute approximate surface area is 108 Å². The van der Waals surface area contributed by atoms with Crippen molar-refractivity contribution in [1.82, 2.24) is 0 Å². The van der Waals surface area contributed by atoms with E-state index in [1.165, 1.54) is 6.08 Å². The van der Waals surface area contributed by atoms with Gasteiger partial charge in [-0.2, -0.15) is 0 Å². The van der Waals surface area contributed by atoms with Crippen LogP contribution < -0.4 is 0 Å². The highest BCUT2D eigenvalue weighted by molar-refractivity contribution is 8.14. The van der Waals surface area contributed by atoms with E-state index in [1.807, 2.05) is 0 Å². The van der Waals surface area contributed by atoms with Crippen molar-refractivity contribution < 1.29 is 30.4 Å². The van der Waals surface area contributed by atoms with E-state index in [2.05, 4.69) is 11.7 Å². The van der Waals surface area contributed by atoms with Crippen LogP contribution in [0.5, 0.6) is 0 Å². The fourth-order valence-electron chi connectivity index (χ4n) is 1.53. The van der Waals surface area contributed by atoms with Crippen molar-refractivity contribution >= 4 is 16.8 Å². The molecule has 0 unspecified atom stereocenters. The number of aliphatic hydroxyl groups excluding tert-OH is 4. The van der Waals surface area contributed by atoms with Crippen LogP contribution in [0.3, 0.4) is 0 Å². The SMILES string of the molecule is C=CCC(=NO)S[C@@H]1O[C@H](CO)[C@@H](O)[C@H](O)[C@H]1O. The summed E-state index contributed by atoms with van der Waals surface area (Å²) in [7, 11) is 0. The minimum Gasteiger partial charge on any atom is -0.410 e. The molecule has 5 N–H and O–H groups in total. The predicted molar refractivity (Wildman–Crippen MR) is 65.4 cm³/mol. The van der Waals surface area contributed by atoms with Gasteiger partial charge in [-0.05, 0) is 0 Å². The molecule has 0 spiro atoms. The quantitative estimate of drug-likeness (QED) is 0.145. The standard InChI is InChI=1S/C10H17NO6S/c1-2-3-6(11-16)18-10-9(15)8(14)7(13)5(4-12)17-10/h2,5,7-10,12-16H,1,3-4H2/t5-,7-,8+,9-,10+/m1/s1. The fourth-order valence-corrected chi connectivity index (χ4v) is 2.56. The van der Waals surface area contributed by atoms with Crippen LogP contribution in [0, 0.1) is 0 Å². The molecule has 0 aromatic carbocycles. The normalized spacial score (nSPS) is 37.6. The van der Waals surface area contributed by atoms with Crippen molar-refractivity contribution in [3.63, 3.8) is 0 Å². The Balaban J connectivity index is 2.72. The highest BCUT2D eigenvalue weighted by Crippen LogP contribution is 2.29. The molecule has 0 saturated carbocycles. The highest BCUT2D eigenvalue weighted by atomic mass is 32.2. The molecular weight excluding hydrogens is 262 g/mol. The van der Waals surface area contributed by atoms with Gasteiger partial charge in [0.15, 0.2) is 0 Å². The van der Waals surface area contributed by atoms with Crippen molar-refractivity contribution in [3.05, 3.63) is 12.7 Å². The number of hydrogen-bond acceptors (Lipinski definition) is 8. The van der Waals surface area contributed by atoms with E-state index in [4.69, 9.17) is 15.1 Å². The average molecular weight is 279 g/mol. The first-order valence-corrected chi connectivity index (χ1v) is 6.22. The van der Waals surface area contributed by atoms with Crippen molar-refractivity contribution in [2.24, 2.45) is 5.16 Å². The molecule has 1 aliphatic rings. The van der Waals surface area contributed by atoms with E-state index in [1.54, 1.807) is 0 Å². The molecule has 1 heterocycles. The monoisotopic (exact) mass is 279 g/mol. The lowest BCUT2D eigenvalue weighted by Gasteiger charge is -2.39. The van der Waals surface area contributed by atoms with Crippen LogP contribution in [-0.4, -0.2) is 67.1 Å². The van der Waals surface area contributed by atoms with Gasteiger partial charge in [-0.1, -0.05) is 23.0 Å². The molecule has 5 atom stereocenters. The number of allylic oxidation sites excluding steroid dienone is 1. The smallest absolute Gasteiger partial charge is 0.138 e. The zero-order valence-electron chi connectivity index (χ0n) is 9.59. The molecule has 0 amide bonds. The topological polar surface area (TPSA) is 123 Å². The Morgan fingerprint density at radius 2 is 1.94 bits per heavy atom. The number of nitrogens with zero attached hydrogens (tertiary/aromatic N) is 1. The van der Waals surface area contributed by atoms with E-state index in [9.17, 15) is 15.3 Å². The third-order valence-corrected chi connectivity index (χ3v) is 3.67. The van der Waals surface area contributed by atoms with Crippen molar-refractivity contribution in [2.75, 3.05) is 6.61 Å². The van der Waals surface area contributed by atoms with Gasteiger partial charge in [0, 0.05) is 6.42 Å². The largest absolute Gasteiger partial charge is 0.410 e. The third kappa shape index (κ3) is 3.44. The first-order valence-electron chi connectivity index (χ1n) is 5.34. The number of hydrogen-bond donors (Lipinski definition) is 5. The molecule has 0 bridgehead atoms. The van der Waals surface area contributed by atoms with Gasteiger partial charge in [0.1, 0.15) is 34.9 Å². The maximum absolute atomic E-state index is 9.73. The summed E-state index contributed by atoms with van der Waals surface area (Å²) in [6.07, 6.45) is -3.37. The molecule has 0 aromatic rings. The molecule has 18 heavy (non-hydrogen) atoms. The number of thioether (sulfide) groups is 1. The summed E-state index contributed by atoms with van der Waals surface area (Å²) in [6.45, 7) is 2.99. The van der Waals surface area contributed by atoms with Crippen molar-refractivity contribution in [2.45, 2.75) is 36.3 Å². The third-order valence-electron chi connectivity index (χ3n) is 2.53. The fraction of sp³-hybridized carbons (Fsp3) is 0.700. The maximum atomic E-state index is 9.73. The molecule has 104 valence electrons. The van der Waals surface area contributed by atoms with Crippen molar-refractivity contribution in [3.8, 4) is 0 Å². The van der Waals surface area contributed by atoms with E-state index in [0.29, 0.717) is 0 Å². The number of rotatable bonds is 4. The van der Waals surface area contributed by atoms with Gasteiger partial charge in [-0.3, -0.25) is 0 Å². The van der Waals surface area contributed by atoms with E-state index in [0.717, 1.165) is 11.8 Å². The second kappa shape index (κ2) is 7.07. The van der Waals surface area contributed by atoms with Crippen LogP contribution in [-0.2, 0) is 4.74 Å². The van der Waals surface area contributed by atoms with E-state index < -0.39 is 36.5 Å². The summed E-state index contributed by atoms with van der Waals surface area (Å²) in [5.41, 5.74) is -0.939. The van der Waals surface area contributed by atoms with Crippen LogP contribution in [0.1, 0.15) is 6.42 Å². The molecule has 0 radical (unpaired) electrons. The van der Waals surface area contributed by atoms with Crippen LogP contribution in [0.15, 0.2) is 17.8 Å². The minimum absolute atomic E-state index is 0.245. The Morgan fingerprint density at radius 3 is 2.44 bits per heavy atom. The summed E-state index contributed by atoms with van der Waals surface area (Å²) in [4.78, 5) is 0. The van der Waals surface area contributed by atoms with Crippen LogP contribution in [0.25, 0.3) is 0 Å². The van der Waals surface area contributed by atoms with Crippen molar-refractivity contribution in [1.29, 1.82) is 0 Å². The number of ether oxygens (including phenoxy) is 1. The summed E-state index contributed by atoms with van der Waals surface area (Å²) >= 11 is 0.898. The number of aliphatic hydroxyl groups is 4. The Bertz CT molecular complexity index is 311. The minimum atomic E-state index is -1.43. The maximum Gasteiger partial charge on any atom is 0.138 e. The van der Waals surface area contributed by atoms with Crippen LogP contribution in [0.4, 0.5) is 0 Å². The first kappa shape index (κ1) is 15.4. The lowest BCUT2D eigenvalue weighted by atomic mass is 10.0. The van der Waals surface area contributed by atoms with Crippen LogP contribution in [0.2, 0.25) is 0 Å². The molecule has 7 nitrogen and oxygen atoms in total. The lowest BCUT2D eigenvalue weighted by Crippen LogP contribution is -2.57. The van der Waals surface area contributed by atoms with Gasteiger partial charge in [0.25, 0.3) is 0 Å². The molecule has 1 fully saturated rings. The molecule has 8 heteroatoms. The Hall–Kier alpha value is -0.640. The molecule has 0 aliphatic carbocycles. The summed E-state index contributed by atoms with van der Waals surface area (Å²) in [5.74, 6) is 0. The van der Waals surface area contributed by atoms with Gasteiger partial charge in [0.05, 0.1) is 6.61 Å². The summed E-state index contributed by atoms with van der Waals surface area (Å²) in [6, 6.07) is 0. The molecule has 1 rings (SSSR count). The van der Waals surface area contributed by atoms with Gasteiger partial charge < -0.3 is 30.4 Å². The lowest BCUT2D eigenvalue weighted by molar-refractivity contribution is -0.205. The van der Waals surface area contributed by atoms with E-state index >= 15 is 0 Å². The summed E-state index contributed by atoms with van der Waals surface area (Å²) in [5, 5.41) is 49.8. The van der Waals surface area contributed by atoms with Gasteiger partial charge in [-0.15, -0.1) is 6.58 Å². The second-order valence-corrected chi connectivity index (χ2v) is 4.97. The summed E-state index contributed by atoms with van der Waals surface area (Å²) < 4.78 is 5.24. The highest BCUT2D eigenvalue weighted by Gasteiger charge is 2.44. The van der Waals surface area contributed by atoms with E-state index in [-0.39, 0.29) is 11.5 Å². The average Bonchev–Trinajstić information content (AvgIpc) is 2.38. The second-order valence-electron chi connectivity index (χ2n) is 3.80. The zero-order chi connectivity index (χ0) is 13.7. The Kier molecular flexibility index (Phi) is 6.06. The van der Waals surface area contributed by atoms with Crippen LogP contribution >= 0.6 is 11.8 Å². The van der Waals surface area contributed by atoms with Gasteiger partial charge >= 0.3 is 0 Å². The van der Waals surface area contributed by atoms with Gasteiger partial charge in [0.2, 0.25) is 0 Å². The molecular formula is C10H17NO6S. The number of oxime groups is 1. The molecule has 1 saturated heterocycles. The molecule has 0 aromatic heterocycles. The Morgan fingerprint density at radius 1 is 1.28 bits per heavy atom.